The Kier molecular flexibility index (Phi) is 3.93. The van der Waals surface area contributed by atoms with E-state index in [1.54, 1.807) is 0 Å². The van der Waals surface area contributed by atoms with Crippen LogP contribution in [0.2, 0.25) is 10.0 Å². The number of hydrogen-bond donors (Lipinski definition) is 1. The van der Waals surface area contributed by atoms with Crippen molar-refractivity contribution in [3.8, 4) is 0 Å². The summed E-state index contributed by atoms with van der Waals surface area (Å²) in [6.07, 6.45) is 1.88. The van der Waals surface area contributed by atoms with Gasteiger partial charge in [-0.2, -0.15) is 0 Å². The van der Waals surface area contributed by atoms with E-state index >= 15 is 0 Å². The summed E-state index contributed by atoms with van der Waals surface area (Å²) < 4.78 is 0. The molecule has 17 heavy (non-hydrogen) atoms. The molecular weight excluding hydrogens is 253 g/mol. The first-order valence-corrected chi connectivity index (χ1v) is 6.19. The largest absolute Gasteiger partial charge is 0.399 e. The molecule has 0 radical (unpaired) electrons. The van der Waals surface area contributed by atoms with Gasteiger partial charge in [0.2, 0.25) is 0 Å². The fraction of sp³-hybridized carbons (Fsp3) is 0.143. The van der Waals surface area contributed by atoms with Crippen LogP contribution in [-0.4, -0.2) is 0 Å². The van der Waals surface area contributed by atoms with E-state index in [0.29, 0.717) is 10.0 Å². The lowest BCUT2D eigenvalue weighted by Crippen LogP contribution is -1.93. The quantitative estimate of drug-likeness (QED) is 0.820. The van der Waals surface area contributed by atoms with Gasteiger partial charge in [-0.15, -0.1) is 0 Å². The molecule has 0 fully saturated rings. The van der Waals surface area contributed by atoms with Crippen molar-refractivity contribution in [1.29, 1.82) is 0 Å². The Balaban J connectivity index is 2.05. The molecule has 2 N–H and O–H groups in total. The van der Waals surface area contributed by atoms with E-state index < -0.39 is 0 Å². The molecule has 0 aliphatic carbocycles. The first kappa shape index (κ1) is 12.3. The average molecular weight is 266 g/mol. The van der Waals surface area contributed by atoms with Crippen molar-refractivity contribution in [2.45, 2.75) is 12.8 Å². The van der Waals surface area contributed by atoms with E-state index in [4.69, 9.17) is 28.9 Å². The molecule has 0 atom stereocenters. The van der Waals surface area contributed by atoms with Crippen LogP contribution in [0.15, 0.2) is 42.5 Å². The highest BCUT2D eigenvalue weighted by molar-refractivity contribution is 6.42. The van der Waals surface area contributed by atoms with Gasteiger partial charge in [0.1, 0.15) is 0 Å². The van der Waals surface area contributed by atoms with Gasteiger partial charge < -0.3 is 5.73 Å². The van der Waals surface area contributed by atoms with Gasteiger partial charge in [0.15, 0.2) is 0 Å². The Morgan fingerprint density at radius 2 is 1.53 bits per heavy atom. The van der Waals surface area contributed by atoms with Gasteiger partial charge in [-0.3, -0.25) is 0 Å². The van der Waals surface area contributed by atoms with E-state index in [0.717, 1.165) is 18.5 Å². The van der Waals surface area contributed by atoms with Crippen LogP contribution < -0.4 is 5.73 Å². The zero-order valence-corrected chi connectivity index (χ0v) is 10.8. The number of nitrogen functional groups attached to an aromatic ring is 1. The smallest absolute Gasteiger partial charge is 0.0595 e. The lowest BCUT2D eigenvalue weighted by atomic mass is 10.0. The molecule has 0 amide bonds. The SMILES string of the molecule is Nc1cccc(CCc2ccc(Cl)c(Cl)c2)c1. The predicted molar refractivity (Wildman–Crippen MR) is 74.7 cm³/mol. The summed E-state index contributed by atoms with van der Waals surface area (Å²) in [7, 11) is 0. The lowest BCUT2D eigenvalue weighted by molar-refractivity contribution is 0.961. The maximum absolute atomic E-state index is 5.97. The molecule has 2 aromatic rings. The fourth-order valence-electron chi connectivity index (χ4n) is 1.73. The minimum atomic E-state index is 0.597. The van der Waals surface area contributed by atoms with Crippen molar-refractivity contribution in [1.82, 2.24) is 0 Å². The lowest BCUT2D eigenvalue weighted by Gasteiger charge is -2.04. The van der Waals surface area contributed by atoms with Crippen LogP contribution in [0.1, 0.15) is 11.1 Å². The van der Waals surface area contributed by atoms with Crippen LogP contribution in [0.3, 0.4) is 0 Å². The van der Waals surface area contributed by atoms with Crippen molar-refractivity contribution < 1.29 is 0 Å². The zero-order valence-electron chi connectivity index (χ0n) is 9.29. The topological polar surface area (TPSA) is 26.0 Å². The number of hydrogen-bond acceptors (Lipinski definition) is 1. The van der Waals surface area contributed by atoms with Gasteiger partial charge >= 0.3 is 0 Å². The average Bonchev–Trinajstić information content (AvgIpc) is 2.31. The van der Waals surface area contributed by atoms with E-state index in [9.17, 15) is 0 Å². The Hall–Kier alpha value is -1.18. The Morgan fingerprint density at radius 3 is 2.18 bits per heavy atom. The molecule has 0 saturated heterocycles. The maximum Gasteiger partial charge on any atom is 0.0595 e. The monoisotopic (exact) mass is 265 g/mol. The highest BCUT2D eigenvalue weighted by Gasteiger charge is 2.00. The number of halogens is 2. The van der Waals surface area contributed by atoms with Crippen LogP contribution >= 0.6 is 23.2 Å². The van der Waals surface area contributed by atoms with Gasteiger partial charge in [0.25, 0.3) is 0 Å². The van der Waals surface area contributed by atoms with Crippen LogP contribution in [0, 0.1) is 0 Å². The third-order valence-electron chi connectivity index (χ3n) is 2.64. The van der Waals surface area contributed by atoms with Gasteiger partial charge in [-0.25, -0.2) is 0 Å². The minimum absolute atomic E-state index is 0.597. The first-order valence-electron chi connectivity index (χ1n) is 5.43. The van der Waals surface area contributed by atoms with E-state index in [2.05, 4.69) is 6.07 Å². The molecule has 0 aliphatic rings. The fourth-order valence-corrected chi connectivity index (χ4v) is 2.05. The summed E-state index contributed by atoms with van der Waals surface area (Å²) in [4.78, 5) is 0. The van der Waals surface area contributed by atoms with Crippen LogP contribution in [-0.2, 0) is 12.8 Å². The summed E-state index contributed by atoms with van der Waals surface area (Å²) in [6.45, 7) is 0. The van der Waals surface area contributed by atoms with Crippen LogP contribution in [0.4, 0.5) is 5.69 Å². The molecule has 0 saturated carbocycles. The Bertz CT molecular complexity index is 523. The van der Waals surface area contributed by atoms with E-state index in [1.165, 1.54) is 11.1 Å². The molecule has 3 heteroatoms. The summed E-state index contributed by atoms with van der Waals surface area (Å²) in [6, 6.07) is 13.7. The van der Waals surface area contributed by atoms with E-state index in [-0.39, 0.29) is 0 Å². The number of anilines is 1. The predicted octanol–water partition coefficient (Wildman–Crippen LogP) is 4.36. The summed E-state index contributed by atoms with van der Waals surface area (Å²) >= 11 is 11.8. The van der Waals surface area contributed by atoms with Crippen molar-refractivity contribution in [3.05, 3.63) is 63.6 Å². The standard InChI is InChI=1S/C14H13Cl2N/c15-13-7-6-11(9-14(13)16)5-4-10-2-1-3-12(17)8-10/h1-3,6-9H,4-5,17H2. The molecule has 0 bridgehead atoms. The molecule has 0 spiro atoms. The normalized spacial score (nSPS) is 10.5. The number of aryl methyl sites for hydroxylation is 2. The van der Waals surface area contributed by atoms with E-state index in [1.807, 2.05) is 36.4 Å². The second-order valence-electron chi connectivity index (χ2n) is 3.99. The number of benzene rings is 2. The molecule has 2 aromatic carbocycles. The summed E-state index contributed by atoms with van der Waals surface area (Å²) in [5.74, 6) is 0. The van der Waals surface area contributed by atoms with Crippen molar-refractivity contribution in [2.24, 2.45) is 0 Å². The third-order valence-corrected chi connectivity index (χ3v) is 3.38. The number of nitrogens with two attached hydrogens (primary N) is 1. The second kappa shape index (κ2) is 5.44. The Labute approximate surface area is 111 Å². The Morgan fingerprint density at radius 1 is 0.824 bits per heavy atom. The van der Waals surface area contributed by atoms with Crippen LogP contribution in [0.5, 0.6) is 0 Å². The summed E-state index contributed by atoms with van der Waals surface area (Å²) in [5, 5.41) is 1.20. The molecule has 2 rings (SSSR count). The number of rotatable bonds is 3. The van der Waals surface area contributed by atoms with Crippen molar-refractivity contribution >= 4 is 28.9 Å². The first-order chi connectivity index (χ1) is 8.15. The van der Waals surface area contributed by atoms with Crippen molar-refractivity contribution in [2.75, 3.05) is 5.73 Å². The second-order valence-corrected chi connectivity index (χ2v) is 4.81. The maximum atomic E-state index is 5.97. The van der Waals surface area contributed by atoms with Gasteiger partial charge in [0.05, 0.1) is 10.0 Å². The summed E-state index contributed by atoms with van der Waals surface area (Å²) in [5.41, 5.74) is 8.95. The molecule has 0 aliphatic heterocycles. The van der Waals surface area contributed by atoms with Gasteiger partial charge in [-0.1, -0.05) is 41.4 Å². The molecule has 0 heterocycles. The molecular formula is C14H13Cl2N. The highest BCUT2D eigenvalue weighted by Crippen LogP contribution is 2.23. The molecule has 0 aromatic heterocycles. The van der Waals surface area contributed by atoms with Crippen molar-refractivity contribution in [3.63, 3.8) is 0 Å². The van der Waals surface area contributed by atoms with Gasteiger partial charge in [-0.05, 0) is 48.2 Å². The zero-order chi connectivity index (χ0) is 12.3. The highest BCUT2D eigenvalue weighted by atomic mass is 35.5. The van der Waals surface area contributed by atoms with Crippen LogP contribution in [0.25, 0.3) is 0 Å². The molecule has 88 valence electrons. The molecule has 1 nitrogen and oxygen atoms in total. The third kappa shape index (κ3) is 3.39. The van der Waals surface area contributed by atoms with Gasteiger partial charge in [0, 0.05) is 5.69 Å². The minimum Gasteiger partial charge on any atom is -0.399 e. The molecule has 0 unspecified atom stereocenters.